The second-order valence-electron chi connectivity index (χ2n) is 7.55. The molecule has 1 saturated heterocycles. The van der Waals surface area contributed by atoms with Crippen LogP contribution < -0.4 is 0 Å². The van der Waals surface area contributed by atoms with Crippen molar-refractivity contribution in [1.29, 1.82) is 0 Å². The Balaban J connectivity index is 1.51. The van der Waals surface area contributed by atoms with Gasteiger partial charge in [-0.3, -0.25) is 4.79 Å². The van der Waals surface area contributed by atoms with Crippen molar-refractivity contribution >= 4 is 15.7 Å². The number of hydrogen-bond acceptors (Lipinski definition) is 4. The molecule has 0 atom stereocenters. The highest BCUT2D eigenvalue weighted by Crippen LogP contribution is 2.23. The SMILES string of the molecule is CC(C)S(=O)(=O)CC1CCN(C(=O)Cc2ccc(-c3ccco3)cc2)CC1. The van der Waals surface area contributed by atoms with Crippen LogP contribution in [0.1, 0.15) is 32.3 Å². The van der Waals surface area contributed by atoms with Crippen LogP contribution in [0.2, 0.25) is 0 Å². The van der Waals surface area contributed by atoms with E-state index in [2.05, 4.69) is 0 Å². The van der Waals surface area contributed by atoms with E-state index in [4.69, 9.17) is 4.42 Å². The Kier molecular flexibility index (Phi) is 6.05. The maximum absolute atomic E-state index is 12.6. The van der Waals surface area contributed by atoms with Gasteiger partial charge in [0.25, 0.3) is 0 Å². The maximum Gasteiger partial charge on any atom is 0.226 e. The van der Waals surface area contributed by atoms with Crippen LogP contribution in [0.25, 0.3) is 11.3 Å². The van der Waals surface area contributed by atoms with Crippen LogP contribution in [0.15, 0.2) is 47.1 Å². The molecule has 2 aromatic rings. The standard InChI is InChI=1S/C21H27NO4S/c1-16(2)27(24,25)15-18-9-11-22(12-10-18)21(23)14-17-5-7-19(8-6-17)20-4-3-13-26-20/h3-8,13,16,18H,9-12,14-15H2,1-2H3. The van der Waals surface area contributed by atoms with Crippen molar-refractivity contribution in [2.24, 2.45) is 5.92 Å². The van der Waals surface area contributed by atoms with Gasteiger partial charge in [0.1, 0.15) is 5.76 Å². The van der Waals surface area contributed by atoms with Crippen LogP contribution in [0.3, 0.4) is 0 Å². The quantitative estimate of drug-likeness (QED) is 0.758. The summed E-state index contributed by atoms with van der Waals surface area (Å²) in [5, 5.41) is -0.332. The molecule has 0 unspecified atom stereocenters. The average Bonchev–Trinajstić information content (AvgIpc) is 3.17. The number of amides is 1. The summed E-state index contributed by atoms with van der Waals surface area (Å²) in [5.41, 5.74) is 1.96. The first-order chi connectivity index (χ1) is 12.8. The van der Waals surface area contributed by atoms with Crippen molar-refractivity contribution in [3.05, 3.63) is 48.2 Å². The Hall–Kier alpha value is -2.08. The van der Waals surface area contributed by atoms with Crippen molar-refractivity contribution < 1.29 is 17.6 Å². The molecule has 0 bridgehead atoms. The predicted octanol–water partition coefficient (Wildman–Crippen LogP) is 3.55. The highest BCUT2D eigenvalue weighted by molar-refractivity contribution is 7.91. The van der Waals surface area contributed by atoms with E-state index in [-0.39, 0.29) is 22.8 Å². The first-order valence-corrected chi connectivity index (χ1v) is 11.2. The molecule has 27 heavy (non-hydrogen) atoms. The van der Waals surface area contributed by atoms with Crippen LogP contribution in [0, 0.1) is 5.92 Å². The molecule has 2 heterocycles. The fraction of sp³-hybridized carbons (Fsp3) is 0.476. The van der Waals surface area contributed by atoms with E-state index in [0.29, 0.717) is 19.5 Å². The number of rotatable bonds is 6. The smallest absolute Gasteiger partial charge is 0.226 e. The molecule has 1 aromatic heterocycles. The van der Waals surface area contributed by atoms with Gasteiger partial charge in [-0.15, -0.1) is 0 Å². The number of furan rings is 1. The van der Waals surface area contributed by atoms with Gasteiger partial charge in [0.05, 0.1) is 23.7 Å². The minimum atomic E-state index is -3.02. The van der Waals surface area contributed by atoms with E-state index in [1.54, 1.807) is 20.1 Å². The highest BCUT2D eigenvalue weighted by atomic mass is 32.2. The summed E-state index contributed by atoms with van der Waals surface area (Å²) >= 11 is 0. The Bertz CT molecular complexity index is 846. The molecular weight excluding hydrogens is 362 g/mol. The number of likely N-dealkylation sites (tertiary alicyclic amines) is 1. The summed E-state index contributed by atoms with van der Waals surface area (Å²) in [4.78, 5) is 14.4. The summed E-state index contributed by atoms with van der Waals surface area (Å²) in [6, 6.07) is 11.6. The number of carbonyl (C=O) groups excluding carboxylic acids is 1. The second-order valence-corrected chi connectivity index (χ2v) is 10.2. The first kappa shape index (κ1) is 19.7. The summed E-state index contributed by atoms with van der Waals surface area (Å²) in [5.74, 6) is 1.31. The lowest BCUT2D eigenvalue weighted by Gasteiger charge is -2.32. The summed E-state index contributed by atoms with van der Waals surface area (Å²) in [6.45, 7) is 4.74. The van der Waals surface area contributed by atoms with Crippen molar-refractivity contribution in [1.82, 2.24) is 4.90 Å². The van der Waals surface area contributed by atoms with Gasteiger partial charge < -0.3 is 9.32 Å². The van der Waals surface area contributed by atoms with Gasteiger partial charge in [0, 0.05) is 18.7 Å². The molecule has 6 heteroatoms. The zero-order chi connectivity index (χ0) is 19.4. The van der Waals surface area contributed by atoms with Gasteiger partial charge in [0.2, 0.25) is 5.91 Å². The number of benzene rings is 1. The molecule has 146 valence electrons. The van der Waals surface area contributed by atoms with Crippen LogP contribution in [-0.4, -0.2) is 43.3 Å². The Labute approximate surface area is 161 Å². The Morgan fingerprint density at radius 1 is 1.15 bits per heavy atom. The minimum absolute atomic E-state index is 0.103. The Morgan fingerprint density at radius 3 is 2.37 bits per heavy atom. The molecule has 5 nitrogen and oxygen atoms in total. The maximum atomic E-state index is 12.6. The largest absolute Gasteiger partial charge is 0.464 e. The number of carbonyl (C=O) groups is 1. The lowest BCUT2D eigenvalue weighted by molar-refractivity contribution is -0.131. The van der Waals surface area contributed by atoms with Gasteiger partial charge in [-0.1, -0.05) is 24.3 Å². The molecule has 0 N–H and O–H groups in total. The lowest BCUT2D eigenvalue weighted by Crippen LogP contribution is -2.41. The van der Waals surface area contributed by atoms with Crippen LogP contribution >= 0.6 is 0 Å². The normalized spacial score (nSPS) is 16.0. The van der Waals surface area contributed by atoms with Gasteiger partial charge in [-0.2, -0.15) is 0 Å². The number of piperidine rings is 1. The third-order valence-electron chi connectivity index (χ3n) is 5.27. The van der Waals surface area contributed by atoms with E-state index in [0.717, 1.165) is 29.7 Å². The minimum Gasteiger partial charge on any atom is -0.464 e. The van der Waals surface area contributed by atoms with E-state index in [1.807, 2.05) is 41.3 Å². The fourth-order valence-corrected chi connectivity index (χ4v) is 4.76. The van der Waals surface area contributed by atoms with E-state index in [9.17, 15) is 13.2 Å². The van der Waals surface area contributed by atoms with Crippen LogP contribution in [-0.2, 0) is 21.1 Å². The van der Waals surface area contributed by atoms with Crippen molar-refractivity contribution in [3.8, 4) is 11.3 Å². The zero-order valence-corrected chi connectivity index (χ0v) is 16.7. The molecular formula is C21H27NO4S. The first-order valence-electron chi connectivity index (χ1n) is 9.47. The molecule has 3 rings (SSSR count). The second kappa shape index (κ2) is 8.30. The topological polar surface area (TPSA) is 67.6 Å². The zero-order valence-electron chi connectivity index (χ0n) is 15.9. The van der Waals surface area contributed by atoms with Crippen molar-refractivity contribution in [2.75, 3.05) is 18.8 Å². The number of nitrogens with zero attached hydrogens (tertiary/aromatic N) is 1. The molecule has 0 radical (unpaired) electrons. The summed E-state index contributed by atoms with van der Waals surface area (Å²) in [6.07, 6.45) is 3.53. The monoisotopic (exact) mass is 389 g/mol. The fourth-order valence-electron chi connectivity index (χ4n) is 3.39. The molecule has 1 fully saturated rings. The van der Waals surface area contributed by atoms with Crippen molar-refractivity contribution in [3.63, 3.8) is 0 Å². The Morgan fingerprint density at radius 2 is 1.81 bits per heavy atom. The van der Waals surface area contributed by atoms with Gasteiger partial charge in [-0.25, -0.2) is 8.42 Å². The average molecular weight is 390 g/mol. The molecule has 1 aliphatic heterocycles. The molecule has 1 aliphatic rings. The van der Waals surface area contributed by atoms with Crippen LogP contribution in [0.4, 0.5) is 0 Å². The number of sulfone groups is 1. The van der Waals surface area contributed by atoms with E-state index < -0.39 is 9.84 Å². The van der Waals surface area contributed by atoms with Crippen LogP contribution in [0.5, 0.6) is 0 Å². The summed E-state index contributed by atoms with van der Waals surface area (Å²) < 4.78 is 29.5. The predicted molar refractivity (Wildman–Crippen MR) is 106 cm³/mol. The number of hydrogen-bond donors (Lipinski definition) is 0. The third kappa shape index (κ3) is 5.01. The molecule has 0 spiro atoms. The van der Waals surface area contributed by atoms with Gasteiger partial charge in [0.15, 0.2) is 9.84 Å². The molecule has 1 aromatic carbocycles. The third-order valence-corrected chi connectivity index (χ3v) is 7.64. The highest BCUT2D eigenvalue weighted by Gasteiger charge is 2.27. The van der Waals surface area contributed by atoms with Crippen molar-refractivity contribution in [2.45, 2.75) is 38.4 Å². The molecule has 0 aliphatic carbocycles. The lowest BCUT2D eigenvalue weighted by atomic mass is 9.98. The molecule has 1 amide bonds. The molecule has 0 saturated carbocycles. The van der Waals surface area contributed by atoms with Gasteiger partial charge in [-0.05, 0) is 50.3 Å². The van der Waals surface area contributed by atoms with E-state index >= 15 is 0 Å². The van der Waals surface area contributed by atoms with E-state index in [1.165, 1.54) is 0 Å². The van der Waals surface area contributed by atoms with Gasteiger partial charge >= 0.3 is 0 Å². The summed E-state index contributed by atoms with van der Waals surface area (Å²) in [7, 11) is -3.02.